The summed E-state index contributed by atoms with van der Waals surface area (Å²) in [6.45, 7) is 5.02. The average Bonchev–Trinajstić information content (AvgIpc) is 2.46. The minimum Gasteiger partial charge on any atom is -0.332 e. The van der Waals surface area contributed by atoms with Crippen LogP contribution in [0.3, 0.4) is 0 Å². The summed E-state index contributed by atoms with van der Waals surface area (Å²) in [7, 11) is 0. The zero-order valence-electron chi connectivity index (χ0n) is 11.6. The van der Waals surface area contributed by atoms with Crippen LogP contribution in [0.15, 0.2) is 12.4 Å². The van der Waals surface area contributed by atoms with Gasteiger partial charge in [-0.25, -0.2) is 9.97 Å². The number of aromatic nitrogens is 2. The zero-order valence-corrected chi connectivity index (χ0v) is 12.4. The Morgan fingerprint density at radius 3 is 2.90 bits per heavy atom. The Kier molecular flexibility index (Phi) is 3.89. The van der Waals surface area contributed by atoms with Gasteiger partial charge in [-0.15, -0.1) is 0 Å². The second-order valence-electron chi connectivity index (χ2n) is 5.68. The molecule has 0 bridgehead atoms. The highest BCUT2D eigenvalue weighted by Gasteiger charge is 2.35. The second kappa shape index (κ2) is 5.66. The van der Waals surface area contributed by atoms with Crippen LogP contribution < -0.4 is 0 Å². The lowest BCUT2D eigenvalue weighted by Crippen LogP contribution is -2.60. The lowest BCUT2D eigenvalue weighted by atomic mass is 9.97. The first-order valence-corrected chi connectivity index (χ1v) is 7.55. The smallest absolute Gasteiger partial charge is 0.274 e. The van der Waals surface area contributed by atoms with Gasteiger partial charge in [-0.1, -0.05) is 18.0 Å². The van der Waals surface area contributed by atoms with E-state index in [0.29, 0.717) is 16.9 Å². The number of piperidine rings is 1. The number of piperazine rings is 1. The van der Waals surface area contributed by atoms with Crippen molar-refractivity contribution in [3.05, 3.63) is 23.2 Å². The van der Waals surface area contributed by atoms with Crippen LogP contribution in [-0.4, -0.2) is 57.4 Å². The number of amides is 1. The van der Waals surface area contributed by atoms with Gasteiger partial charge >= 0.3 is 0 Å². The molecular weight excluding hydrogens is 276 g/mol. The monoisotopic (exact) mass is 294 g/mol. The lowest BCUT2D eigenvalue weighted by Gasteiger charge is -2.47. The van der Waals surface area contributed by atoms with Crippen molar-refractivity contribution in [2.45, 2.75) is 38.3 Å². The summed E-state index contributed by atoms with van der Waals surface area (Å²) in [4.78, 5) is 25.1. The van der Waals surface area contributed by atoms with E-state index in [0.717, 1.165) is 19.6 Å². The number of halogens is 1. The molecule has 0 spiro atoms. The third-order valence-corrected chi connectivity index (χ3v) is 4.48. The maximum atomic E-state index is 12.6. The van der Waals surface area contributed by atoms with Gasteiger partial charge in [-0.3, -0.25) is 9.69 Å². The van der Waals surface area contributed by atoms with Crippen molar-refractivity contribution < 1.29 is 4.79 Å². The fourth-order valence-corrected chi connectivity index (χ4v) is 3.30. The molecule has 108 valence electrons. The van der Waals surface area contributed by atoms with Crippen molar-refractivity contribution in [2.24, 2.45) is 0 Å². The van der Waals surface area contributed by atoms with E-state index >= 15 is 0 Å². The third-order valence-electron chi connectivity index (χ3n) is 4.29. The summed E-state index contributed by atoms with van der Waals surface area (Å²) in [6, 6.07) is 0.721. The molecule has 20 heavy (non-hydrogen) atoms. The first kappa shape index (κ1) is 13.8. The molecule has 2 unspecified atom stereocenters. The largest absolute Gasteiger partial charge is 0.332 e. The minimum atomic E-state index is -0.0353. The van der Waals surface area contributed by atoms with Crippen molar-refractivity contribution in [2.75, 3.05) is 19.6 Å². The normalized spacial score (nSPS) is 27.2. The Bertz CT molecular complexity index is 492. The minimum absolute atomic E-state index is 0.0353. The number of nitrogens with zero attached hydrogens (tertiary/aromatic N) is 4. The summed E-state index contributed by atoms with van der Waals surface area (Å²) in [5, 5.41) is 0.312. The SMILES string of the molecule is CC1CN2CCCCC2CN1C(=O)c1cnc(Cl)cn1. The molecule has 3 rings (SSSR count). The molecule has 0 aliphatic carbocycles. The highest BCUT2D eigenvalue weighted by molar-refractivity contribution is 6.29. The van der Waals surface area contributed by atoms with Gasteiger partial charge in [0, 0.05) is 25.2 Å². The molecule has 2 saturated heterocycles. The van der Waals surface area contributed by atoms with Gasteiger partial charge in [0.15, 0.2) is 0 Å². The number of hydrogen-bond donors (Lipinski definition) is 0. The molecule has 2 atom stereocenters. The molecule has 0 N–H and O–H groups in total. The van der Waals surface area contributed by atoms with E-state index in [4.69, 9.17) is 11.6 Å². The molecule has 0 radical (unpaired) electrons. The van der Waals surface area contributed by atoms with Crippen molar-refractivity contribution in [3.8, 4) is 0 Å². The summed E-state index contributed by atoms with van der Waals surface area (Å²) >= 11 is 5.72. The van der Waals surface area contributed by atoms with E-state index in [-0.39, 0.29) is 11.9 Å². The molecular formula is C14H19ClN4O. The van der Waals surface area contributed by atoms with E-state index < -0.39 is 0 Å². The van der Waals surface area contributed by atoms with Crippen LogP contribution in [0.2, 0.25) is 5.15 Å². The molecule has 6 heteroatoms. The van der Waals surface area contributed by atoms with E-state index in [1.165, 1.54) is 31.7 Å². The molecule has 0 saturated carbocycles. The number of rotatable bonds is 1. The Hall–Kier alpha value is -1.20. The fourth-order valence-electron chi connectivity index (χ4n) is 3.20. The fraction of sp³-hybridized carbons (Fsp3) is 0.643. The maximum absolute atomic E-state index is 12.6. The van der Waals surface area contributed by atoms with Gasteiger partial charge in [0.25, 0.3) is 5.91 Å². The van der Waals surface area contributed by atoms with E-state index in [1.54, 1.807) is 0 Å². The summed E-state index contributed by atoms with van der Waals surface area (Å²) in [5.41, 5.74) is 0.380. The van der Waals surface area contributed by atoms with Crippen molar-refractivity contribution in [1.82, 2.24) is 19.8 Å². The van der Waals surface area contributed by atoms with Crippen molar-refractivity contribution >= 4 is 17.5 Å². The highest BCUT2D eigenvalue weighted by Crippen LogP contribution is 2.24. The topological polar surface area (TPSA) is 49.3 Å². The summed E-state index contributed by atoms with van der Waals surface area (Å²) < 4.78 is 0. The van der Waals surface area contributed by atoms with E-state index in [1.807, 2.05) is 4.90 Å². The summed E-state index contributed by atoms with van der Waals surface area (Å²) in [5.74, 6) is -0.0353. The maximum Gasteiger partial charge on any atom is 0.274 e. The van der Waals surface area contributed by atoms with Crippen molar-refractivity contribution in [1.29, 1.82) is 0 Å². The zero-order chi connectivity index (χ0) is 14.1. The van der Waals surface area contributed by atoms with Crippen LogP contribution in [0.4, 0.5) is 0 Å². The molecule has 5 nitrogen and oxygen atoms in total. The average molecular weight is 295 g/mol. The molecule has 1 aromatic heterocycles. The second-order valence-corrected chi connectivity index (χ2v) is 6.06. The quantitative estimate of drug-likeness (QED) is 0.793. The van der Waals surface area contributed by atoms with Crippen LogP contribution >= 0.6 is 11.6 Å². The molecule has 1 amide bonds. The molecule has 3 heterocycles. The standard InChI is InChI=1S/C14H19ClN4O/c1-10-8-18-5-3-2-4-11(18)9-19(10)14(20)12-6-17-13(15)7-16-12/h6-7,10-11H,2-5,8-9H2,1H3. The van der Waals surface area contributed by atoms with Crippen LogP contribution in [0.5, 0.6) is 0 Å². The van der Waals surface area contributed by atoms with Gasteiger partial charge in [-0.2, -0.15) is 0 Å². The third kappa shape index (κ3) is 2.65. The Balaban J connectivity index is 1.75. The van der Waals surface area contributed by atoms with Crippen molar-refractivity contribution in [3.63, 3.8) is 0 Å². The highest BCUT2D eigenvalue weighted by atomic mass is 35.5. The van der Waals surface area contributed by atoms with Crippen LogP contribution in [0, 0.1) is 0 Å². The Morgan fingerprint density at radius 2 is 2.15 bits per heavy atom. The molecule has 2 aliphatic rings. The Labute approximate surface area is 123 Å². The first-order valence-electron chi connectivity index (χ1n) is 7.17. The molecule has 2 aliphatic heterocycles. The van der Waals surface area contributed by atoms with Gasteiger partial charge in [0.05, 0.1) is 12.4 Å². The number of carbonyl (C=O) groups is 1. The number of hydrogen-bond acceptors (Lipinski definition) is 4. The van der Waals surface area contributed by atoms with E-state index in [2.05, 4.69) is 21.8 Å². The predicted molar refractivity (Wildman–Crippen MR) is 76.8 cm³/mol. The predicted octanol–water partition coefficient (Wildman–Crippen LogP) is 1.83. The molecule has 0 aromatic carbocycles. The first-order chi connectivity index (χ1) is 9.65. The van der Waals surface area contributed by atoms with Gasteiger partial charge in [0.2, 0.25) is 0 Å². The summed E-state index contributed by atoms with van der Waals surface area (Å²) in [6.07, 6.45) is 6.61. The van der Waals surface area contributed by atoms with Gasteiger partial charge in [-0.05, 0) is 26.3 Å². The Morgan fingerprint density at radius 1 is 1.30 bits per heavy atom. The van der Waals surface area contributed by atoms with Crippen LogP contribution in [-0.2, 0) is 0 Å². The van der Waals surface area contributed by atoms with Crippen LogP contribution in [0.1, 0.15) is 36.7 Å². The lowest BCUT2D eigenvalue weighted by molar-refractivity contribution is 0.0148. The number of fused-ring (bicyclic) bond motifs is 1. The van der Waals surface area contributed by atoms with Gasteiger partial charge in [0.1, 0.15) is 10.8 Å². The van der Waals surface area contributed by atoms with E-state index in [9.17, 15) is 4.79 Å². The molecule has 2 fully saturated rings. The van der Waals surface area contributed by atoms with Gasteiger partial charge < -0.3 is 4.90 Å². The van der Waals surface area contributed by atoms with Crippen LogP contribution in [0.25, 0.3) is 0 Å². The molecule has 1 aromatic rings. The number of carbonyl (C=O) groups excluding carboxylic acids is 1.